The molecule has 12 unspecified atom stereocenters. The molecule has 0 aromatic rings. The quantitative estimate of drug-likeness (QED) is 0.0204. The molecule has 0 aromatic carbocycles. The average molecular weight is 1100 g/mol. The first-order valence-corrected chi connectivity index (χ1v) is 30.1. The van der Waals surface area contributed by atoms with E-state index in [0.717, 1.165) is 103 Å². The molecule has 0 aliphatic carbocycles. The van der Waals surface area contributed by atoms with Crippen LogP contribution in [0.5, 0.6) is 0 Å². The number of carbonyl (C=O) groups excluding carboxylic acids is 1. The Labute approximate surface area is 470 Å². The number of amides is 1. The van der Waals surface area contributed by atoms with Crippen LogP contribution in [0, 0.1) is 0 Å². The van der Waals surface area contributed by atoms with E-state index in [0.29, 0.717) is 12.8 Å². The summed E-state index contributed by atoms with van der Waals surface area (Å²) in [6.45, 7) is 2.70. The number of nitrogens with one attached hydrogen (secondary N) is 1. The van der Waals surface area contributed by atoms with Crippen LogP contribution in [0.3, 0.4) is 0 Å². The number of carbonyl (C=O) groups is 1. The van der Waals surface area contributed by atoms with E-state index >= 15 is 0 Å². The van der Waals surface area contributed by atoms with Crippen LogP contribution in [-0.2, 0) is 23.7 Å². The van der Waals surface area contributed by atoms with Crippen molar-refractivity contribution in [2.75, 3.05) is 19.8 Å². The van der Waals surface area contributed by atoms with Crippen molar-refractivity contribution in [3.05, 3.63) is 109 Å². The van der Waals surface area contributed by atoms with Crippen molar-refractivity contribution < 1.29 is 64.6 Å². The van der Waals surface area contributed by atoms with Crippen LogP contribution < -0.4 is 5.32 Å². The third-order valence-corrected chi connectivity index (χ3v) is 14.0. The number of ether oxygens (including phenoxy) is 4. The van der Waals surface area contributed by atoms with E-state index in [9.17, 15) is 45.6 Å². The Bertz CT molecular complexity index is 1720. The maximum Gasteiger partial charge on any atom is 0.220 e. The molecule has 78 heavy (non-hydrogen) atoms. The number of hydrogen-bond donors (Lipinski definition) is 9. The molecule has 0 aromatic heterocycles. The molecular weight excluding hydrogens is 991 g/mol. The van der Waals surface area contributed by atoms with E-state index in [1.54, 1.807) is 0 Å². The molecule has 1 amide bonds. The van der Waals surface area contributed by atoms with E-state index in [1.807, 2.05) is 0 Å². The van der Waals surface area contributed by atoms with Crippen molar-refractivity contribution in [3.8, 4) is 0 Å². The molecule has 2 aliphatic heterocycles. The van der Waals surface area contributed by atoms with Crippen molar-refractivity contribution >= 4 is 5.91 Å². The second kappa shape index (κ2) is 48.4. The summed E-state index contributed by atoms with van der Waals surface area (Å²) in [4.78, 5) is 13.3. The van der Waals surface area contributed by atoms with Crippen molar-refractivity contribution in [1.82, 2.24) is 5.32 Å². The summed E-state index contributed by atoms with van der Waals surface area (Å²) < 4.78 is 22.8. The van der Waals surface area contributed by atoms with Gasteiger partial charge in [0.05, 0.1) is 32.0 Å². The van der Waals surface area contributed by atoms with Gasteiger partial charge in [-0.2, -0.15) is 0 Å². The molecule has 12 atom stereocenters. The lowest BCUT2D eigenvalue weighted by Gasteiger charge is -2.46. The molecule has 2 fully saturated rings. The third-order valence-electron chi connectivity index (χ3n) is 14.0. The summed E-state index contributed by atoms with van der Waals surface area (Å²) in [7, 11) is 0. The standard InChI is InChI=1S/C64H107NO13/c1-3-5-7-9-11-13-15-17-18-19-20-21-22-23-24-25-26-27-28-29-30-31-32-33-34-36-38-40-42-44-46-48-56(69)65-52(53(68)47-45-43-41-39-37-35-16-14-12-10-8-6-4-2)51-75-63-61(74)59(72)62(55(50-67)77-63)78-64-60(73)58(71)57(70)54(49-66)76-64/h5,7,11,13,17-18,20-21,23-24,26-27,29-30,32-33,36,38,52-55,57-64,66-68,70-74H,3-4,6,8-10,12,14-16,19,22,25,28,31,34-35,37,39-51H2,1-2H3,(H,65,69)/b7-5-,13-11-,18-17-,21-20-,24-23-,27-26-,30-29-,33-32-,38-36-. The van der Waals surface area contributed by atoms with Crippen molar-refractivity contribution in [2.24, 2.45) is 0 Å². The average Bonchev–Trinajstić information content (AvgIpc) is 3.47. The third kappa shape index (κ3) is 33.4. The summed E-state index contributed by atoms with van der Waals surface area (Å²) in [5, 5.41) is 87.1. The van der Waals surface area contributed by atoms with Gasteiger partial charge in [0.1, 0.15) is 48.8 Å². The molecule has 2 saturated heterocycles. The number of aliphatic hydroxyl groups is 8. The summed E-state index contributed by atoms with van der Waals surface area (Å²) >= 11 is 0. The van der Waals surface area contributed by atoms with Crippen molar-refractivity contribution in [2.45, 2.75) is 267 Å². The van der Waals surface area contributed by atoms with Crippen LogP contribution in [0.2, 0.25) is 0 Å². The summed E-state index contributed by atoms with van der Waals surface area (Å²) in [5.41, 5.74) is 0. The smallest absolute Gasteiger partial charge is 0.220 e. The van der Waals surface area contributed by atoms with Crippen LogP contribution in [0.25, 0.3) is 0 Å². The molecule has 9 N–H and O–H groups in total. The zero-order valence-electron chi connectivity index (χ0n) is 47.9. The molecule has 14 heteroatoms. The molecular formula is C64H107NO13. The number of rotatable bonds is 46. The summed E-state index contributed by atoms with van der Waals surface area (Å²) in [5.74, 6) is -0.244. The molecule has 446 valence electrons. The molecule has 2 rings (SSSR count). The first-order chi connectivity index (χ1) is 38.1. The fourth-order valence-corrected chi connectivity index (χ4v) is 9.17. The van der Waals surface area contributed by atoms with Gasteiger partial charge < -0.3 is 65.1 Å². The second-order valence-corrected chi connectivity index (χ2v) is 20.7. The minimum atomic E-state index is -1.79. The second-order valence-electron chi connectivity index (χ2n) is 20.7. The lowest BCUT2D eigenvalue weighted by molar-refractivity contribution is -0.359. The van der Waals surface area contributed by atoms with E-state index in [-0.39, 0.29) is 18.9 Å². The minimum Gasteiger partial charge on any atom is -0.394 e. The van der Waals surface area contributed by atoms with Gasteiger partial charge in [0.25, 0.3) is 0 Å². The summed E-state index contributed by atoms with van der Waals surface area (Å²) in [6, 6.07) is -0.854. The maximum absolute atomic E-state index is 13.3. The first-order valence-electron chi connectivity index (χ1n) is 30.1. The number of aliphatic hydroxyl groups excluding tert-OH is 8. The molecule has 0 saturated carbocycles. The predicted octanol–water partition coefficient (Wildman–Crippen LogP) is 10.4. The Morgan fingerprint density at radius 1 is 0.474 bits per heavy atom. The van der Waals surface area contributed by atoms with Crippen LogP contribution in [0.4, 0.5) is 0 Å². The van der Waals surface area contributed by atoms with Gasteiger partial charge in [-0.15, -0.1) is 0 Å². The van der Waals surface area contributed by atoms with Crippen LogP contribution >= 0.6 is 0 Å². The van der Waals surface area contributed by atoms with Crippen LogP contribution in [0.1, 0.15) is 194 Å². The summed E-state index contributed by atoms with van der Waals surface area (Å²) in [6.07, 6.45) is 50.9. The van der Waals surface area contributed by atoms with Gasteiger partial charge in [0, 0.05) is 6.42 Å². The SMILES string of the molecule is CC/C=C\C/C=C\C/C=C\C/C=C\C/C=C\C/C=C\C/C=C\C/C=C\C/C=C\CCCCCC(=O)NC(COC1OC(CO)C(OC2OC(CO)C(O)C(O)C2O)C(O)C1O)C(O)CCCCCCCCCCCCCCC. The number of allylic oxidation sites excluding steroid dienone is 18. The van der Waals surface area contributed by atoms with Gasteiger partial charge in [0.2, 0.25) is 5.91 Å². The molecule has 14 nitrogen and oxygen atoms in total. The van der Waals surface area contributed by atoms with Gasteiger partial charge in [-0.1, -0.05) is 213 Å². The monoisotopic (exact) mass is 1100 g/mol. The molecule has 0 bridgehead atoms. The molecule has 0 radical (unpaired) electrons. The van der Waals surface area contributed by atoms with E-state index < -0.39 is 86.8 Å². The Morgan fingerprint density at radius 2 is 0.885 bits per heavy atom. The Hall–Kier alpha value is -3.35. The molecule has 0 spiro atoms. The highest BCUT2D eigenvalue weighted by Crippen LogP contribution is 2.30. The topological polar surface area (TPSA) is 228 Å². The number of hydrogen-bond acceptors (Lipinski definition) is 13. The lowest BCUT2D eigenvalue weighted by Crippen LogP contribution is -2.65. The Balaban J connectivity index is 1.73. The fourth-order valence-electron chi connectivity index (χ4n) is 9.17. The zero-order valence-corrected chi connectivity index (χ0v) is 47.9. The van der Waals surface area contributed by atoms with E-state index in [1.165, 1.54) is 57.8 Å². The Morgan fingerprint density at radius 3 is 1.35 bits per heavy atom. The van der Waals surface area contributed by atoms with Crippen LogP contribution in [-0.4, -0.2) is 140 Å². The number of unbranched alkanes of at least 4 members (excludes halogenated alkanes) is 15. The fraction of sp³-hybridized carbons (Fsp3) is 0.703. The van der Waals surface area contributed by atoms with Crippen molar-refractivity contribution in [3.63, 3.8) is 0 Å². The normalized spacial score (nSPS) is 25.4. The Kier molecular flexibility index (Phi) is 43.9. The van der Waals surface area contributed by atoms with Gasteiger partial charge in [-0.05, 0) is 83.5 Å². The first kappa shape index (κ1) is 70.8. The maximum atomic E-state index is 13.3. The predicted molar refractivity (Wildman–Crippen MR) is 313 cm³/mol. The van der Waals surface area contributed by atoms with Gasteiger partial charge >= 0.3 is 0 Å². The largest absolute Gasteiger partial charge is 0.394 e. The highest BCUT2D eigenvalue weighted by molar-refractivity contribution is 5.76. The van der Waals surface area contributed by atoms with Crippen LogP contribution in [0.15, 0.2) is 109 Å². The highest BCUT2D eigenvalue weighted by Gasteiger charge is 2.51. The van der Waals surface area contributed by atoms with E-state index in [2.05, 4.69) is 129 Å². The van der Waals surface area contributed by atoms with Gasteiger partial charge in [-0.25, -0.2) is 0 Å². The molecule has 2 heterocycles. The minimum absolute atomic E-state index is 0.244. The zero-order chi connectivity index (χ0) is 56.7. The molecule has 2 aliphatic rings. The highest BCUT2D eigenvalue weighted by atomic mass is 16.7. The van der Waals surface area contributed by atoms with Gasteiger partial charge in [0.15, 0.2) is 12.6 Å². The van der Waals surface area contributed by atoms with E-state index in [4.69, 9.17) is 18.9 Å². The van der Waals surface area contributed by atoms with Crippen molar-refractivity contribution in [1.29, 1.82) is 0 Å². The van der Waals surface area contributed by atoms with Gasteiger partial charge in [-0.3, -0.25) is 4.79 Å². The lowest BCUT2D eigenvalue weighted by atomic mass is 9.97.